The highest BCUT2D eigenvalue weighted by Gasteiger charge is 2.22. The van der Waals surface area contributed by atoms with Crippen molar-refractivity contribution < 1.29 is 0 Å². The summed E-state index contributed by atoms with van der Waals surface area (Å²) in [5.74, 6) is 0. The van der Waals surface area contributed by atoms with Crippen molar-refractivity contribution in [3.8, 4) is 0 Å². The van der Waals surface area contributed by atoms with Crippen LogP contribution in [0.2, 0.25) is 0 Å². The number of halogens is 3. The molecule has 2 aromatic rings. The van der Waals surface area contributed by atoms with Gasteiger partial charge in [-0.15, -0.1) is 0 Å². The lowest BCUT2D eigenvalue weighted by Crippen LogP contribution is -2.22. The molecule has 0 saturated heterocycles. The van der Waals surface area contributed by atoms with E-state index in [1.54, 1.807) is 12.4 Å². The summed E-state index contributed by atoms with van der Waals surface area (Å²) in [5.41, 5.74) is 1.96. The molecule has 0 spiro atoms. The second-order valence-corrected chi connectivity index (χ2v) is 6.37. The number of pyridine rings is 1. The monoisotopic (exact) mass is 436 g/mol. The lowest BCUT2D eigenvalue weighted by molar-refractivity contribution is 0.590. The maximum Gasteiger partial charge on any atom is 0.0942 e. The molecule has 0 aliphatic rings. The van der Waals surface area contributed by atoms with Crippen LogP contribution in [0.4, 0.5) is 0 Å². The highest BCUT2D eigenvalue weighted by atomic mass is 79.9. The standard InChI is InChI=1S/C11H11Br3N4/c1-15-10(11-8(14)5-17-18(11)2)9-7(13)3-6(12)4-16-9/h3-5,10,15H,1-2H3. The minimum atomic E-state index is -0.0330. The summed E-state index contributed by atoms with van der Waals surface area (Å²) >= 11 is 10.5. The SMILES string of the molecule is CNC(c1ncc(Br)cc1Br)c1c(Br)cnn1C. The normalized spacial score (nSPS) is 12.7. The van der Waals surface area contributed by atoms with Gasteiger partial charge in [-0.25, -0.2) is 0 Å². The average Bonchev–Trinajstić information content (AvgIpc) is 2.64. The number of nitrogens with one attached hydrogen (secondary N) is 1. The van der Waals surface area contributed by atoms with Crippen LogP contribution in [0.5, 0.6) is 0 Å². The van der Waals surface area contributed by atoms with Crippen molar-refractivity contribution in [3.63, 3.8) is 0 Å². The summed E-state index contributed by atoms with van der Waals surface area (Å²) in [5, 5.41) is 7.50. The van der Waals surface area contributed by atoms with E-state index in [0.717, 1.165) is 24.8 Å². The molecule has 1 N–H and O–H groups in total. The summed E-state index contributed by atoms with van der Waals surface area (Å²) in [6, 6.07) is 1.95. The van der Waals surface area contributed by atoms with Crippen LogP contribution in [0.1, 0.15) is 17.4 Å². The second-order valence-electron chi connectivity index (χ2n) is 3.74. The minimum absolute atomic E-state index is 0.0330. The van der Waals surface area contributed by atoms with Crippen LogP contribution in [0, 0.1) is 0 Å². The van der Waals surface area contributed by atoms with Gasteiger partial charge < -0.3 is 5.32 Å². The summed E-state index contributed by atoms with van der Waals surface area (Å²) in [6.45, 7) is 0. The smallest absolute Gasteiger partial charge is 0.0942 e. The number of hydrogen-bond acceptors (Lipinski definition) is 3. The summed E-state index contributed by atoms with van der Waals surface area (Å²) in [7, 11) is 3.82. The Morgan fingerprint density at radius 2 is 1.94 bits per heavy atom. The molecule has 7 heteroatoms. The van der Waals surface area contributed by atoms with Crippen molar-refractivity contribution in [2.24, 2.45) is 7.05 Å². The molecule has 0 bridgehead atoms. The number of aromatic nitrogens is 3. The van der Waals surface area contributed by atoms with E-state index < -0.39 is 0 Å². The summed E-state index contributed by atoms with van der Waals surface area (Å²) < 4.78 is 4.68. The molecule has 0 saturated carbocycles. The fourth-order valence-electron chi connectivity index (χ4n) is 1.79. The van der Waals surface area contributed by atoms with E-state index in [0.29, 0.717) is 0 Å². The fraction of sp³-hybridized carbons (Fsp3) is 0.273. The average molecular weight is 439 g/mol. The quantitative estimate of drug-likeness (QED) is 0.798. The van der Waals surface area contributed by atoms with Gasteiger partial charge in [0.05, 0.1) is 28.1 Å². The Morgan fingerprint density at radius 1 is 1.22 bits per heavy atom. The molecule has 0 aromatic carbocycles. The molecule has 18 heavy (non-hydrogen) atoms. The molecule has 4 nitrogen and oxygen atoms in total. The van der Waals surface area contributed by atoms with Crippen molar-refractivity contribution >= 4 is 47.8 Å². The first kappa shape index (κ1) is 14.2. The molecular weight excluding hydrogens is 428 g/mol. The molecule has 0 fully saturated rings. The molecule has 0 aliphatic carbocycles. The molecular formula is C11H11Br3N4. The van der Waals surface area contributed by atoms with Crippen LogP contribution in [0.3, 0.4) is 0 Å². The highest BCUT2D eigenvalue weighted by molar-refractivity contribution is 9.11. The van der Waals surface area contributed by atoms with Gasteiger partial charge in [-0.3, -0.25) is 9.67 Å². The number of nitrogens with zero attached hydrogens (tertiary/aromatic N) is 3. The van der Waals surface area contributed by atoms with Crippen LogP contribution in [0.15, 0.2) is 31.9 Å². The highest BCUT2D eigenvalue weighted by Crippen LogP contribution is 2.31. The Morgan fingerprint density at radius 3 is 2.44 bits per heavy atom. The molecule has 2 heterocycles. The van der Waals surface area contributed by atoms with E-state index >= 15 is 0 Å². The van der Waals surface area contributed by atoms with E-state index in [4.69, 9.17) is 0 Å². The molecule has 2 aromatic heterocycles. The number of rotatable bonds is 3. The van der Waals surface area contributed by atoms with Gasteiger partial charge in [-0.1, -0.05) is 0 Å². The van der Waals surface area contributed by atoms with Crippen molar-refractivity contribution in [3.05, 3.63) is 43.3 Å². The molecule has 0 amide bonds. The van der Waals surface area contributed by atoms with E-state index in [1.165, 1.54) is 0 Å². The van der Waals surface area contributed by atoms with Gasteiger partial charge in [0, 0.05) is 22.2 Å². The summed E-state index contributed by atoms with van der Waals surface area (Å²) in [4.78, 5) is 4.47. The van der Waals surface area contributed by atoms with Crippen LogP contribution in [-0.2, 0) is 7.05 Å². The Kier molecular flexibility index (Phi) is 4.58. The molecule has 1 atom stereocenters. The third kappa shape index (κ3) is 2.68. The van der Waals surface area contributed by atoms with Crippen LogP contribution in [0.25, 0.3) is 0 Å². The second kappa shape index (κ2) is 5.81. The third-order valence-corrected chi connectivity index (χ3v) is 4.29. The predicted octanol–water partition coefficient (Wildman–Crippen LogP) is 3.41. The first-order valence-electron chi connectivity index (χ1n) is 5.20. The third-order valence-electron chi connectivity index (χ3n) is 2.61. The van der Waals surface area contributed by atoms with Crippen molar-refractivity contribution in [2.75, 3.05) is 7.05 Å². The van der Waals surface area contributed by atoms with Crippen molar-refractivity contribution in [1.82, 2.24) is 20.1 Å². The van der Waals surface area contributed by atoms with Gasteiger partial charge >= 0.3 is 0 Å². The zero-order valence-corrected chi connectivity index (χ0v) is 14.5. The Balaban J connectivity index is 2.52. The van der Waals surface area contributed by atoms with Gasteiger partial charge in [-0.2, -0.15) is 5.10 Å². The Bertz CT molecular complexity index is 548. The lowest BCUT2D eigenvalue weighted by atomic mass is 10.1. The lowest BCUT2D eigenvalue weighted by Gasteiger charge is -2.18. The van der Waals surface area contributed by atoms with Crippen LogP contribution in [-0.4, -0.2) is 21.8 Å². The zero-order chi connectivity index (χ0) is 13.3. The van der Waals surface area contributed by atoms with E-state index in [2.05, 4.69) is 63.2 Å². The molecule has 2 rings (SSSR count). The maximum atomic E-state index is 4.47. The van der Waals surface area contributed by atoms with E-state index in [-0.39, 0.29) is 6.04 Å². The van der Waals surface area contributed by atoms with Gasteiger partial charge in [0.15, 0.2) is 0 Å². The first-order valence-corrected chi connectivity index (χ1v) is 7.58. The largest absolute Gasteiger partial charge is 0.307 e. The topological polar surface area (TPSA) is 42.7 Å². The van der Waals surface area contributed by atoms with Gasteiger partial charge in [0.2, 0.25) is 0 Å². The number of hydrogen-bond donors (Lipinski definition) is 1. The summed E-state index contributed by atoms with van der Waals surface area (Å²) in [6.07, 6.45) is 3.57. The minimum Gasteiger partial charge on any atom is -0.307 e. The molecule has 0 aliphatic heterocycles. The first-order chi connectivity index (χ1) is 8.54. The van der Waals surface area contributed by atoms with Crippen LogP contribution < -0.4 is 5.32 Å². The molecule has 0 radical (unpaired) electrons. The van der Waals surface area contributed by atoms with Crippen molar-refractivity contribution in [2.45, 2.75) is 6.04 Å². The predicted molar refractivity (Wildman–Crippen MR) is 81.4 cm³/mol. The fourth-order valence-corrected chi connectivity index (χ4v) is 3.58. The maximum absolute atomic E-state index is 4.47. The number of aryl methyl sites for hydroxylation is 1. The Hall–Kier alpha value is -0.240. The van der Waals surface area contributed by atoms with Crippen molar-refractivity contribution in [1.29, 1.82) is 0 Å². The van der Waals surface area contributed by atoms with Gasteiger partial charge in [-0.05, 0) is 60.9 Å². The molecule has 1 unspecified atom stereocenters. The van der Waals surface area contributed by atoms with Gasteiger partial charge in [0.1, 0.15) is 0 Å². The molecule has 96 valence electrons. The van der Waals surface area contributed by atoms with E-state index in [1.807, 2.05) is 24.8 Å². The van der Waals surface area contributed by atoms with Gasteiger partial charge in [0.25, 0.3) is 0 Å². The Labute approximate surface area is 131 Å². The van der Waals surface area contributed by atoms with Crippen LogP contribution >= 0.6 is 47.8 Å². The van der Waals surface area contributed by atoms with E-state index in [9.17, 15) is 0 Å². The zero-order valence-electron chi connectivity index (χ0n) is 9.78.